The minimum atomic E-state index is -3.36. The van der Waals surface area contributed by atoms with Gasteiger partial charge in [-0.25, -0.2) is 14.3 Å². The largest absolute Gasteiger partial charge is 0.434 e. The van der Waals surface area contributed by atoms with E-state index in [1.807, 2.05) is 0 Å². The number of benzene rings is 2. The van der Waals surface area contributed by atoms with E-state index in [-0.39, 0.29) is 18.1 Å². The molecule has 0 spiro atoms. The Morgan fingerprint density at radius 2 is 1.86 bits per heavy atom. The second-order valence-electron chi connectivity index (χ2n) is 6.33. The molecule has 1 N–H and O–H groups in total. The highest BCUT2D eigenvalue weighted by atomic mass is 19.3. The number of nitrogens with one attached hydrogen (secondary N) is 1. The number of halogens is 4. The van der Waals surface area contributed by atoms with Gasteiger partial charge in [0.05, 0.1) is 12.2 Å². The maximum atomic E-state index is 14.9. The summed E-state index contributed by atoms with van der Waals surface area (Å²) in [4.78, 5) is 12.8. The van der Waals surface area contributed by atoms with Gasteiger partial charge in [0.15, 0.2) is 11.6 Å². The Labute approximate surface area is 157 Å². The molecular weight excluding hydrogens is 380 g/mol. The summed E-state index contributed by atoms with van der Waals surface area (Å²) in [5, 5.41) is 2.86. The average Bonchev–Trinajstić information content (AvgIpc) is 3.51. The Bertz CT molecular complexity index is 875. The van der Waals surface area contributed by atoms with Gasteiger partial charge in [-0.1, -0.05) is 30.3 Å². The van der Waals surface area contributed by atoms with E-state index in [9.17, 15) is 22.4 Å². The van der Waals surface area contributed by atoms with Crippen LogP contribution in [-0.2, 0) is 15.1 Å². The second kappa shape index (κ2) is 8.05. The van der Waals surface area contributed by atoms with Crippen molar-refractivity contribution in [3.63, 3.8) is 0 Å². The number of amides is 1. The molecule has 1 fully saturated rings. The van der Waals surface area contributed by atoms with Gasteiger partial charge in [-0.05, 0) is 36.5 Å². The van der Waals surface area contributed by atoms with Crippen molar-refractivity contribution in [2.75, 3.05) is 6.61 Å². The lowest BCUT2D eigenvalue weighted by Crippen LogP contribution is -2.41. The van der Waals surface area contributed by atoms with Crippen molar-refractivity contribution in [3.05, 3.63) is 65.2 Å². The van der Waals surface area contributed by atoms with Crippen molar-refractivity contribution >= 4 is 5.91 Å². The fourth-order valence-electron chi connectivity index (χ4n) is 2.93. The van der Waals surface area contributed by atoms with Crippen molar-refractivity contribution in [2.45, 2.75) is 25.1 Å². The van der Waals surface area contributed by atoms with Gasteiger partial charge in [-0.2, -0.15) is 8.78 Å². The molecule has 3 rings (SSSR count). The molecular formula is C19H16F4N2O3. The van der Waals surface area contributed by atoms with Crippen LogP contribution in [-0.4, -0.2) is 19.1 Å². The van der Waals surface area contributed by atoms with Gasteiger partial charge in [-0.15, -0.1) is 5.11 Å². The van der Waals surface area contributed by atoms with Gasteiger partial charge < -0.3 is 9.47 Å². The first-order valence-electron chi connectivity index (χ1n) is 8.44. The molecule has 1 aliphatic carbocycles. The smallest absolute Gasteiger partial charge is 0.387 e. The molecule has 1 saturated carbocycles. The van der Waals surface area contributed by atoms with Crippen LogP contribution in [0.25, 0.3) is 0 Å². The molecule has 0 bridgehead atoms. The van der Waals surface area contributed by atoms with Crippen molar-refractivity contribution in [1.29, 1.82) is 5.53 Å². The molecule has 9 heteroatoms. The van der Waals surface area contributed by atoms with Gasteiger partial charge in [0.2, 0.25) is 5.60 Å². The lowest BCUT2D eigenvalue weighted by Gasteiger charge is -2.33. The third kappa shape index (κ3) is 3.75. The van der Waals surface area contributed by atoms with Crippen molar-refractivity contribution in [3.8, 4) is 5.75 Å². The Morgan fingerprint density at radius 1 is 1.18 bits per heavy atom. The van der Waals surface area contributed by atoms with Crippen LogP contribution in [0, 0.1) is 23.1 Å². The number of carbonyl (C=O) groups excluding carboxylic acids is 1. The van der Waals surface area contributed by atoms with Crippen LogP contribution in [0.2, 0.25) is 0 Å². The quantitative estimate of drug-likeness (QED) is 0.515. The number of hydrogen-bond donors (Lipinski definition) is 1. The standard InChI is InChI=1S/C19H16F4N2O3/c20-13-8-9-14(28-18(22)23)15(16(13)21)19(17(26)25-24,27-10-11-6-7-11)12-4-2-1-3-5-12/h1-5,8-9,11,18,24H,6-7,10H2. The summed E-state index contributed by atoms with van der Waals surface area (Å²) in [5.74, 6) is -4.95. The Morgan fingerprint density at radius 3 is 2.43 bits per heavy atom. The summed E-state index contributed by atoms with van der Waals surface area (Å²) >= 11 is 0. The molecule has 148 valence electrons. The van der Waals surface area contributed by atoms with Crippen LogP contribution in [0.4, 0.5) is 17.6 Å². The first kappa shape index (κ1) is 19.9. The molecule has 5 nitrogen and oxygen atoms in total. The third-order valence-electron chi connectivity index (χ3n) is 4.44. The zero-order valence-corrected chi connectivity index (χ0v) is 14.5. The molecule has 0 radical (unpaired) electrons. The molecule has 1 unspecified atom stereocenters. The highest BCUT2D eigenvalue weighted by Crippen LogP contribution is 2.44. The van der Waals surface area contributed by atoms with Crippen LogP contribution >= 0.6 is 0 Å². The summed E-state index contributed by atoms with van der Waals surface area (Å²) < 4.78 is 64.9. The molecule has 0 saturated heterocycles. The number of carbonyl (C=O) groups is 1. The van der Waals surface area contributed by atoms with Crippen molar-refractivity contribution in [1.82, 2.24) is 0 Å². The fourth-order valence-corrected chi connectivity index (χ4v) is 2.93. The lowest BCUT2D eigenvalue weighted by atomic mass is 9.84. The highest BCUT2D eigenvalue weighted by molar-refractivity contribution is 5.91. The molecule has 0 aromatic heterocycles. The van der Waals surface area contributed by atoms with E-state index >= 15 is 0 Å². The van der Waals surface area contributed by atoms with E-state index in [0.29, 0.717) is 6.07 Å². The molecule has 1 amide bonds. The first-order chi connectivity index (χ1) is 13.4. The van der Waals surface area contributed by atoms with E-state index in [1.54, 1.807) is 6.07 Å². The van der Waals surface area contributed by atoms with E-state index in [2.05, 4.69) is 9.85 Å². The average molecular weight is 396 g/mol. The highest BCUT2D eigenvalue weighted by Gasteiger charge is 2.49. The number of hydrogen-bond acceptors (Lipinski definition) is 4. The van der Waals surface area contributed by atoms with E-state index < -0.39 is 41.1 Å². The summed E-state index contributed by atoms with van der Waals surface area (Å²) in [6.07, 6.45) is 1.62. The van der Waals surface area contributed by atoms with Crippen LogP contribution < -0.4 is 4.74 Å². The Kier molecular flexibility index (Phi) is 5.73. The van der Waals surface area contributed by atoms with Gasteiger partial charge in [0.1, 0.15) is 5.75 Å². The van der Waals surface area contributed by atoms with Crippen molar-refractivity contribution < 1.29 is 31.8 Å². The Hall–Kier alpha value is -2.81. The van der Waals surface area contributed by atoms with Crippen LogP contribution in [0.1, 0.15) is 24.0 Å². The topological polar surface area (TPSA) is 71.7 Å². The monoisotopic (exact) mass is 396 g/mol. The van der Waals surface area contributed by atoms with Gasteiger partial charge >= 0.3 is 12.5 Å². The zero-order chi connectivity index (χ0) is 20.3. The van der Waals surface area contributed by atoms with E-state index in [4.69, 9.17) is 10.3 Å². The molecule has 28 heavy (non-hydrogen) atoms. The molecule has 1 aliphatic rings. The number of nitrogens with zero attached hydrogens (tertiary/aromatic N) is 1. The molecule has 2 aromatic rings. The Balaban J connectivity index is 2.30. The SMILES string of the molecule is N=NC(=O)C(OCC1CC1)(c1ccccc1)c1c(OC(F)F)ccc(F)c1F. The van der Waals surface area contributed by atoms with Crippen LogP contribution in [0.3, 0.4) is 0 Å². The molecule has 2 aromatic carbocycles. The fraction of sp³-hybridized carbons (Fsp3) is 0.316. The molecule has 0 aliphatic heterocycles. The minimum Gasteiger partial charge on any atom is -0.434 e. The normalized spacial score (nSPS) is 15.9. The van der Waals surface area contributed by atoms with Crippen LogP contribution in [0.15, 0.2) is 47.6 Å². The number of alkyl halides is 2. The predicted octanol–water partition coefficient (Wildman–Crippen LogP) is 4.79. The van der Waals surface area contributed by atoms with Gasteiger partial charge in [0, 0.05) is 0 Å². The lowest BCUT2D eigenvalue weighted by molar-refractivity contribution is -0.142. The summed E-state index contributed by atoms with van der Waals surface area (Å²) in [7, 11) is 0. The predicted molar refractivity (Wildman–Crippen MR) is 89.0 cm³/mol. The van der Waals surface area contributed by atoms with Gasteiger partial charge in [-0.3, -0.25) is 4.79 Å². The van der Waals surface area contributed by atoms with E-state index in [0.717, 1.165) is 18.9 Å². The molecule has 1 atom stereocenters. The third-order valence-corrected chi connectivity index (χ3v) is 4.44. The number of ether oxygens (including phenoxy) is 2. The van der Waals surface area contributed by atoms with E-state index in [1.165, 1.54) is 24.3 Å². The maximum absolute atomic E-state index is 14.9. The van der Waals surface area contributed by atoms with Gasteiger partial charge in [0.25, 0.3) is 0 Å². The minimum absolute atomic E-state index is 0.0141. The maximum Gasteiger partial charge on any atom is 0.387 e. The summed E-state index contributed by atoms with van der Waals surface area (Å²) in [5.41, 5.74) is 3.89. The first-order valence-corrected chi connectivity index (χ1v) is 8.44. The summed E-state index contributed by atoms with van der Waals surface area (Å²) in [6.45, 7) is -3.39. The number of rotatable bonds is 8. The van der Waals surface area contributed by atoms with Crippen LogP contribution in [0.5, 0.6) is 5.75 Å². The zero-order valence-electron chi connectivity index (χ0n) is 14.5. The molecule has 0 heterocycles. The second-order valence-corrected chi connectivity index (χ2v) is 6.33. The summed E-state index contributed by atoms with van der Waals surface area (Å²) in [6, 6.07) is 8.78. The van der Waals surface area contributed by atoms with Crippen molar-refractivity contribution in [2.24, 2.45) is 11.0 Å².